The summed E-state index contributed by atoms with van der Waals surface area (Å²) in [5.74, 6) is 0.663. The zero-order valence-electron chi connectivity index (χ0n) is 12.7. The molecule has 3 rings (SSSR count). The first-order valence-corrected chi connectivity index (χ1v) is 7.46. The Balaban J connectivity index is 1.49. The maximum absolute atomic E-state index is 12.1. The second-order valence-corrected chi connectivity index (χ2v) is 5.41. The van der Waals surface area contributed by atoms with Gasteiger partial charge < -0.3 is 9.74 Å². The first-order valence-electron chi connectivity index (χ1n) is 7.46. The molecule has 1 aliphatic heterocycles. The van der Waals surface area contributed by atoms with Gasteiger partial charge in [0.25, 0.3) is 0 Å². The maximum Gasteiger partial charge on any atom is 0.434 e. The van der Waals surface area contributed by atoms with E-state index in [1.54, 1.807) is 24.2 Å². The summed E-state index contributed by atoms with van der Waals surface area (Å²) >= 11 is 0. The Labute approximate surface area is 129 Å². The van der Waals surface area contributed by atoms with Gasteiger partial charge in [0, 0.05) is 38.9 Å². The number of aryl methyl sites for hydroxylation is 1. The number of carbonyl (C=O) groups excluding carboxylic acids is 1. The Hall–Kier alpha value is -2.34. The first-order chi connectivity index (χ1) is 10.7. The van der Waals surface area contributed by atoms with E-state index in [2.05, 4.69) is 34.1 Å². The van der Waals surface area contributed by atoms with Crippen molar-refractivity contribution in [3.63, 3.8) is 0 Å². The van der Waals surface area contributed by atoms with Crippen LogP contribution in [0.2, 0.25) is 0 Å². The zero-order valence-corrected chi connectivity index (χ0v) is 12.7. The molecule has 22 heavy (non-hydrogen) atoms. The van der Waals surface area contributed by atoms with Crippen molar-refractivity contribution in [3.8, 4) is 0 Å². The standard InChI is InChI=1S/C16H20N4O2/c1-14-17-7-8-20(14)22-16(21)19-11-9-18(10-12-19)13-15-5-3-2-4-6-15/h2-8H,9-13H2,1H3. The van der Waals surface area contributed by atoms with Crippen LogP contribution in [0.5, 0.6) is 0 Å². The number of benzene rings is 1. The minimum Gasteiger partial charge on any atom is -0.316 e. The SMILES string of the molecule is Cc1nccn1OC(=O)N1CCN(Cc2ccccc2)CC1. The predicted octanol–water partition coefficient (Wildman–Crippen LogP) is 1.56. The lowest BCUT2D eigenvalue weighted by atomic mass is 10.2. The van der Waals surface area contributed by atoms with Crippen molar-refractivity contribution in [2.24, 2.45) is 0 Å². The zero-order chi connectivity index (χ0) is 15.4. The van der Waals surface area contributed by atoms with Crippen molar-refractivity contribution in [2.75, 3.05) is 26.2 Å². The number of hydrogen-bond donors (Lipinski definition) is 0. The Morgan fingerprint density at radius 1 is 1.18 bits per heavy atom. The van der Waals surface area contributed by atoms with Gasteiger partial charge in [-0.3, -0.25) is 4.90 Å². The summed E-state index contributed by atoms with van der Waals surface area (Å²) in [6, 6.07) is 10.4. The van der Waals surface area contributed by atoms with Gasteiger partial charge in [-0.05, 0) is 12.5 Å². The lowest BCUT2D eigenvalue weighted by molar-refractivity contribution is 0.0661. The summed E-state index contributed by atoms with van der Waals surface area (Å²) in [6.07, 6.45) is 2.93. The number of aromatic nitrogens is 2. The molecule has 1 saturated heterocycles. The fourth-order valence-electron chi connectivity index (χ4n) is 2.54. The number of carbonyl (C=O) groups is 1. The summed E-state index contributed by atoms with van der Waals surface area (Å²) in [4.78, 5) is 25.5. The summed E-state index contributed by atoms with van der Waals surface area (Å²) in [5, 5.41) is 0. The maximum atomic E-state index is 12.1. The van der Waals surface area contributed by atoms with Gasteiger partial charge in [0.1, 0.15) is 5.82 Å². The summed E-state index contributed by atoms with van der Waals surface area (Å²) in [7, 11) is 0. The molecule has 0 saturated carbocycles. The second kappa shape index (κ2) is 6.62. The van der Waals surface area contributed by atoms with Crippen LogP contribution in [0.25, 0.3) is 0 Å². The van der Waals surface area contributed by atoms with Crippen LogP contribution in [-0.2, 0) is 6.54 Å². The third-order valence-corrected chi connectivity index (χ3v) is 3.84. The minimum atomic E-state index is -0.319. The molecule has 0 N–H and O–H groups in total. The van der Waals surface area contributed by atoms with Gasteiger partial charge in [-0.1, -0.05) is 30.3 Å². The van der Waals surface area contributed by atoms with Crippen LogP contribution >= 0.6 is 0 Å². The number of hydrogen-bond acceptors (Lipinski definition) is 4. The monoisotopic (exact) mass is 300 g/mol. The normalized spacial score (nSPS) is 15.8. The Bertz CT molecular complexity index is 618. The van der Waals surface area contributed by atoms with E-state index in [4.69, 9.17) is 4.84 Å². The highest BCUT2D eigenvalue weighted by molar-refractivity contribution is 5.68. The molecule has 6 heteroatoms. The first kappa shape index (κ1) is 14.6. The van der Waals surface area contributed by atoms with E-state index in [9.17, 15) is 4.79 Å². The van der Waals surface area contributed by atoms with Crippen LogP contribution in [-0.4, -0.2) is 51.8 Å². The lowest BCUT2D eigenvalue weighted by Gasteiger charge is -2.33. The molecule has 0 spiro atoms. The third-order valence-electron chi connectivity index (χ3n) is 3.84. The quantitative estimate of drug-likeness (QED) is 0.863. The number of imidazole rings is 1. The summed E-state index contributed by atoms with van der Waals surface area (Å²) in [6.45, 7) is 5.79. The molecule has 1 fully saturated rings. The van der Waals surface area contributed by atoms with E-state index in [1.165, 1.54) is 10.3 Å². The van der Waals surface area contributed by atoms with E-state index in [0.29, 0.717) is 18.9 Å². The number of amides is 1. The molecular formula is C16H20N4O2. The van der Waals surface area contributed by atoms with Crippen molar-refractivity contribution >= 4 is 6.09 Å². The van der Waals surface area contributed by atoms with E-state index in [1.807, 2.05) is 6.07 Å². The van der Waals surface area contributed by atoms with Gasteiger partial charge in [0.05, 0.1) is 6.20 Å². The molecule has 0 unspecified atom stereocenters. The smallest absolute Gasteiger partial charge is 0.316 e. The largest absolute Gasteiger partial charge is 0.434 e. The fraction of sp³-hybridized carbons (Fsp3) is 0.375. The molecule has 1 aromatic carbocycles. The molecule has 0 bridgehead atoms. The predicted molar refractivity (Wildman–Crippen MR) is 82.2 cm³/mol. The number of piperazine rings is 1. The van der Waals surface area contributed by atoms with Crippen molar-refractivity contribution in [1.29, 1.82) is 0 Å². The Morgan fingerprint density at radius 2 is 1.91 bits per heavy atom. The van der Waals surface area contributed by atoms with Crippen LogP contribution in [0.3, 0.4) is 0 Å². The topological polar surface area (TPSA) is 50.6 Å². The molecule has 1 aliphatic rings. The molecule has 2 aromatic rings. The molecule has 2 heterocycles. The molecule has 6 nitrogen and oxygen atoms in total. The highest BCUT2D eigenvalue weighted by Gasteiger charge is 2.23. The van der Waals surface area contributed by atoms with Gasteiger partial charge in [-0.15, -0.1) is 0 Å². The molecule has 0 aliphatic carbocycles. The van der Waals surface area contributed by atoms with Crippen molar-refractivity contribution < 1.29 is 9.63 Å². The molecule has 0 atom stereocenters. The van der Waals surface area contributed by atoms with Crippen molar-refractivity contribution in [2.45, 2.75) is 13.5 Å². The van der Waals surface area contributed by atoms with Crippen LogP contribution in [0.1, 0.15) is 11.4 Å². The number of nitrogens with zero attached hydrogens (tertiary/aromatic N) is 4. The molecule has 116 valence electrons. The lowest BCUT2D eigenvalue weighted by Crippen LogP contribution is -2.50. The van der Waals surface area contributed by atoms with E-state index >= 15 is 0 Å². The number of rotatable bonds is 3. The van der Waals surface area contributed by atoms with Gasteiger partial charge >= 0.3 is 6.09 Å². The van der Waals surface area contributed by atoms with Crippen molar-refractivity contribution in [3.05, 3.63) is 54.1 Å². The van der Waals surface area contributed by atoms with Gasteiger partial charge in [0.15, 0.2) is 0 Å². The highest BCUT2D eigenvalue weighted by atomic mass is 16.7. The van der Waals surface area contributed by atoms with Gasteiger partial charge in [0.2, 0.25) is 0 Å². The third kappa shape index (κ3) is 3.46. The van der Waals surface area contributed by atoms with Gasteiger partial charge in [-0.2, -0.15) is 4.73 Å². The highest BCUT2D eigenvalue weighted by Crippen LogP contribution is 2.09. The average Bonchev–Trinajstić information content (AvgIpc) is 2.94. The van der Waals surface area contributed by atoms with Crippen LogP contribution < -0.4 is 4.84 Å². The van der Waals surface area contributed by atoms with E-state index < -0.39 is 0 Å². The average molecular weight is 300 g/mol. The van der Waals surface area contributed by atoms with E-state index in [-0.39, 0.29) is 6.09 Å². The minimum absolute atomic E-state index is 0.319. The molecular weight excluding hydrogens is 280 g/mol. The van der Waals surface area contributed by atoms with Gasteiger partial charge in [-0.25, -0.2) is 9.78 Å². The second-order valence-electron chi connectivity index (χ2n) is 5.41. The van der Waals surface area contributed by atoms with Crippen molar-refractivity contribution in [1.82, 2.24) is 19.5 Å². The Kier molecular flexibility index (Phi) is 4.39. The fourth-order valence-corrected chi connectivity index (χ4v) is 2.54. The molecule has 1 aromatic heterocycles. The molecule has 1 amide bonds. The van der Waals surface area contributed by atoms with Crippen LogP contribution in [0.15, 0.2) is 42.7 Å². The summed E-state index contributed by atoms with van der Waals surface area (Å²) in [5.41, 5.74) is 1.30. The Morgan fingerprint density at radius 3 is 2.55 bits per heavy atom. The van der Waals surface area contributed by atoms with Crippen LogP contribution in [0, 0.1) is 6.92 Å². The van der Waals surface area contributed by atoms with E-state index in [0.717, 1.165) is 19.6 Å². The summed E-state index contributed by atoms with van der Waals surface area (Å²) < 4.78 is 1.40. The molecule has 0 radical (unpaired) electrons. The van der Waals surface area contributed by atoms with Crippen LogP contribution in [0.4, 0.5) is 4.79 Å².